The number of rotatable bonds is 8. The number of anilines is 2. The number of nitrogens with zero attached hydrogens (tertiary/aromatic N) is 1. The molecule has 0 spiro atoms. The summed E-state index contributed by atoms with van der Waals surface area (Å²) in [6, 6.07) is 22.3. The molecular weight excluding hydrogens is 449 g/mol. The third kappa shape index (κ3) is 5.74. The lowest BCUT2D eigenvalue weighted by atomic mass is 10.0. The highest BCUT2D eigenvalue weighted by Gasteiger charge is 2.19. The Labute approximate surface area is 201 Å². The summed E-state index contributed by atoms with van der Waals surface area (Å²) in [5.41, 5.74) is 3.75. The van der Waals surface area contributed by atoms with E-state index in [1.165, 1.54) is 30.4 Å². The molecule has 0 fully saturated rings. The second-order valence-corrected chi connectivity index (χ2v) is 9.17. The molecular formula is C27H24FN3O2S. The minimum absolute atomic E-state index is 0.0990. The molecule has 172 valence electrons. The number of halogens is 1. The van der Waals surface area contributed by atoms with Gasteiger partial charge >= 0.3 is 0 Å². The first-order chi connectivity index (χ1) is 16.4. The van der Waals surface area contributed by atoms with Crippen LogP contribution in [0.4, 0.5) is 15.2 Å². The second-order valence-electron chi connectivity index (χ2n) is 7.96. The lowest BCUT2D eigenvalue weighted by Crippen LogP contribution is -2.41. The minimum Gasteiger partial charge on any atom is -0.342 e. The summed E-state index contributed by atoms with van der Waals surface area (Å²) >= 11 is 1.48. The van der Waals surface area contributed by atoms with E-state index in [4.69, 9.17) is 0 Å². The summed E-state index contributed by atoms with van der Waals surface area (Å²) in [6.07, 6.45) is 0.435. The average Bonchev–Trinajstić information content (AvgIpc) is 3.19. The van der Waals surface area contributed by atoms with E-state index >= 15 is 0 Å². The van der Waals surface area contributed by atoms with Crippen LogP contribution in [0.1, 0.15) is 27.7 Å². The standard InChI is InChI=1S/C27H24FN3O2S/c1-17(32)24(15-19-7-4-3-5-8-19)30-26(33)21-9-6-10-23(16-21)29-27-31-25(18(2)34-27)20-11-13-22(28)14-12-20/h3-14,16,24H,15H2,1-2H3,(H,29,31)(H,30,33)/t24-/m0/s1. The predicted molar refractivity (Wildman–Crippen MR) is 134 cm³/mol. The number of amides is 1. The monoisotopic (exact) mass is 473 g/mol. The van der Waals surface area contributed by atoms with Crippen LogP contribution in [-0.2, 0) is 11.2 Å². The number of hydrogen-bond acceptors (Lipinski definition) is 5. The maximum Gasteiger partial charge on any atom is 0.251 e. The number of carbonyl (C=O) groups excluding carboxylic acids is 2. The molecule has 1 aromatic heterocycles. The fraction of sp³-hybridized carbons (Fsp3) is 0.148. The zero-order valence-electron chi connectivity index (χ0n) is 18.8. The Kier molecular flexibility index (Phi) is 7.13. The van der Waals surface area contributed by atoms with Crippen molar-refractivity contribution in [3.8, 4) is 11.3 Å². The van der Waals surface area contributed by atoms with Gasteiger partial charge in [0.15, 0.2) is 10.9 Å². The largest absolute Gasteiger partial charge is 0.342 e. The van der Waals surface area contributed by atoms with Gasteiger partial charge in [-0.2, -0.15) is 0 Å². The van der Waals surface area contributed by atoms with Crippen LogP contribution >= 0.6 is 11.3 Å². The molecule has 7 heteroatoms. The molecule has 0 aliphatic heterocycles. The Bertz CT molecular complexity index is 1300. The van der Waals surface area contributed by atoms with E-state index in [1.807, 2.05) is 43.3 Å². The topological polar surface area (TPSA) is 71.1 Å². The number of hydrogen-bond donors (Lipinski definition) is 2. The van der Waals surface area contributed by atoms with E-state index in [1.54, 1.807) is 30.3 Å². The van der Waals surface area contributed by atoms with Gasteiger partial charge in [-0.1, -0.05) is 36.4 Å². The van der Waals surface area contributed by atoms with Crippen LogP contribution in [0.2, 0.25) is 0 Å². The van der Waals surface area contributed by atoms with E-state index in [0.717, 1.165) is 21.7 Å². The maximum absolute atomic E-state index is 13.2. The number of aryl methyl sites for hydroxylation is 1. The van der Waals surface area contributed by atoms with E-state index in [9.17, 15) is 14.0 Å². The molecule has 0 radical (unpaired) electrons. The smallest absolute Gasteiger partial charge is 0.251 e. The Hall–Kier alpha value is -3.84. The molecule has 4 aromatic rings. The Morgan fingerprint density at radius 3 is 2.44 bits per heavy atom. The van der Waals surface area contributed by atoms with Crippen molar-refractivity contribution < 1.29 is 14.0 Å². The number of carbonyl (C=O) groups is 2. The number of nitrogens with one attached hydrogen (secondary N) is 2. The van der Waals surface area contributed by atoms with Crippen LogP contribution in [0.3, 0.4) is 0 Å². The molecule has 1 heterocycles. The third-order valence-electron chi connectivity index (χ3n) is 5.37. The lowest BCUT2D eigenvalue weighted by molar-refractivity contribution is -0.118. The molecule has 34 heavy (non-hydrogen) atoms. The molecule has 2 N–H and O–H groups in total. The molecule has 0 bridgehead atoms. The van der Waals surface area contributed by atoms with Crippen LogP contribution < -0.4 is 10.6 Å². The van der Waals surface area contributed by atoms with Crippen LogP contribution in [0.25, 0.3) is 11.3 Å². The maximum atomic E-state index is 13.2. The summed E-state index contributed by atoms with van der Waals surface area (Å²) in [6.45, 7) is 3.44. The van der Waals surface area contributed by atoms with Crippen molar-refractivity contribution in [3.63, 3.8) is 0 Å². The summed E-state index contributed by atoms with van der Waals surface area (Å²) in [5, 5.41) is 6.76. The Morgan fingerprint density at radius 2 is 1.74 bits per heavy atom. The van der Waals surface area contributed by atoms with Crippen LogP contribution in [0, 0.1) is 12.7 Å². The molecule has 1 atom stereocenters. The van der Waals surface area contributed by atoms with E-state index in [-0.39, 0.29) is 17.5 Å². The van der Waals surface area contributed by atoms with Crippen LogP contribution in [0.5, 0.6) is 0 Å². The molecule has 0 unspecified atom stereocenters. The first-order valence-corrected chi connectivity index (χ1v) is 11.7. The highest BCUT2D eigenvalue weighted by Crippen LogP contribution is 2.32. The van der Waals surface area contributed by atoms with Crippen molar-refractivity contribution in [1.82, 2.24) is 10.3 Å². The van der Waals surface area contributed by atoms with Gasteiger partial charge in [-0.05, 0) is 68.3 Å². The van der Waals surface area contributed by atoms with Gasteiger partial charge in [0.05, 0.1) is 11.7 Å². The Balaban J connectivity index is 1.47. The number of thiazole rings is 1. The normalized spacial score (nSPS) is 11.6. The van der Waals surface area contributed by atoms with Crippen LogP contribution in [0.15, 0.2) is 78.9 Å². The van der Waals surface area contributed by atoms with Gasteiger partial charge in [0, 0.05) is 21.7 Å². The molecule has 5 nitrogen and oxygen atoms in total. The average molecular weight is 474 g/mol. The summed E-state index contributed by atoms with van der Waals surface area (Å²) < 4.78 is 13.2. The van der Waals surface area contributed by atoms with Crippen molar-refractivity contribution in [2.45, 2.75) is 26.3 Å². The van der Waals surface area contributed by atoms with E-state index in [0.29, 0.717) is 22.8 Å². The van der Waals surface area contributed by atoms with Gasteiger partial charge < -0.3 is 10.6 Å². The molecule has 1 amide bonds. The molecule has 0 saturated heterocycles. The quantitative estimate of drug-likeness (QED) is 0.333. The zero-order valence-corrected chi connectivity index (χ0v) is 19.7. The zero-order chi connectivity index (χ0) is 24.1. The second kappa shape index (κ2) is 10.4. The molecule has 0 aliphatic rings. The highest BCUT2D eigenvalue weighted by atomic mass is 32.1. The number of ketones is 1. The van der Waals surface area contributed by atoms with Gasteiger partial charge in [0.1, 0.15) is 5.82 Å². The van der Waals surface area contributed by atoms with Gasteiger partial charge in [0.25, 0.3) is 5.91 Å². The SMILES string of the molecule is CC(=O)[C@H](Cc1ccccc1)NC(=O)c1cccc(Nc2nc(-c3ccc(F)cc3)c(C)s2)c1. The first kappa shape index (κ1) is 23.3. The number of aromatic nitrogens is 1. The van der Waals surface area contributed by atoms with Crippen molar-refractivity contribution in [2.75, 3.05) is 5.32 Å². The van der Waals surface area contributed by atoms with Crippen molar-refractivity contribution in [2.24, 2.45) is 0 Å². The van der Waals surface area contributed by atoms with Gasteiger partial charge in [-0.25, -0.2) is 9.37 Å². The molecule has 0 saturated carbocycles. The van der Waals surface area contributed by atoms with Crippen molar-refractivity contribution in [3.05, 3.63) is 101 Å². The summed E-state index contributed by atoms with van der Waals surface area (Å²) in [5.74, 6) is -0.707. The molecule has 0 aliphatic carbocycles. The first-order valence-electron chi connectivity index (χ1n) is 10.8. The summed E-state index contributed by atoms with van der Waals surface area (Å²) in [4.78, 5) is 30.7. The summed E-state index contributed by atoms with van der Waals surface area (Å²) in [7, 11) is 0. The fourth-order valence-corrected chi connectivity index (χ4v) is 4.43. The third-order valence-corrected chi connectivity index (χ3v) is 6.26. The van der Waals surface area contributed by atoms with Crippen molar-refractivity contribution >= 4 is 33.8 Å². The van der Waals surface area contributed by atoms with E-state index in [2.05, 4.69) is 15.6 Å². The minimum atomic E-state index is -0.605. The number of Topliss-reactive ketones (excluding diaryl/α,β-unsaturated/α-hetero) is 1. The van der Waals surface area contributed by atoms with Crippen molar-refractivity contribution in [1.29, 1.82) is 0 Å². The fourth-order valence-electron chi connectivity index (χ4n) is 3.57. The van der Waals surface area contributed by atoms with Gasteiger partial charge in [-0.3, -0.25) is 9.59 Å². The lowest BCUT2D eigenvalue weighted by Gasteiger charge is -2.16. The predicted octanol–water partition coefficient (Wildman–Crippen LogP) is 5.93. The van der Waals surface area contributed by atoms with Gasteiger partial charge in [-0.15, -0.1) is 11.3 Å². The van der Waals surface area contributed by atoms with Crippen LogP contribution in [-0.4, -0.2) is 22.7 Å². The number of benzene rings is 3. The van der Waals surface area contributed by atoms with E-state index < -0.39 is 6.04 Å². The Morgan fingerprint density at radius 1 is 1.00 bits per heavy atom. The molecule has 3 aromatic carbocycles. The van der Waals surface area contributed by atoms with Gasteiger partial charge in [0.2, 0.25) is 0 Å². The molecule has 4 rings (SSSR count). The highest BCUT2D eigenvalue weighted by molar-refractivity contribution is 7.16.